The van der Waals surface area contributed by atoms with Gasteiger partial charge in [0.25, 0.3) is 0 Å². The second kappa shape index (κ2) is 4.19. The molecule has 0 bridgehead atoms. The summed E-state index contributed by atoms with van der Waals surface area (Å²) in [6.07, 6.45) is 1.88. The first-order valence-corrected chi connectivity index (χ1v) is 5.60. The van der Waals surface area contributed by atoms with E-state index in [2.05, 4.69) is 35.9 Å². The summed E-state index contributed by atoms with van der Waals surface area (Å²) in [7, 11) is 0. The van der Waals surface area contributed by atoms with Gasteiger partial charge in [0.1, 0.15) is 5.82 Å². The standard InChI is InChI=1S/C12H19N3/c1-9-7-15(8-10(9)2)12-4-3-11(5-13)6-14-12/h3-4,6,9-10H,5,7-8,13H2,1-2H3. The van der Waals surface area contributed by atoms with Gasteiger partial charge in [-0.2, -0.15) is 0 Å². The van der Waals surface area contributed by atoms with Crippen LogP contribution in [0.4, 0.5) is 5.82 Å². The summed E-state index contributed by atoms with van der Waals surface area (Å²) < 4.78 is 0. The van der Waals surface area contributed by atoms with Crippen LogP contribution in [0.15, 0.2) is 18.3 Å². The zero-order valence-corrected chi connectivity index (χ0v) is 9.48. The van der Waals surface area contributed by atoms with Crippen LogP contribution in [-0.4, -0.2) is 18.1 Å². The van der Waals surface area contributed by atoms with E-state index in [1.54, 1.807) is 0 Å². The minimum atomic E-state index is 0.570. The largest absolute Gasteiger partial charge is 0.356 e. The number of aromatic nitrogens is 1. The molecule has 0 aromatic carbocycles. The number of pyridine rings is 1. The van der Waals surface area contributed by atoms with Crippen LogP contribution in [-0.2, 0) is 6.54 Å². The quantitative estimate of drug-likeness (QED) is 0.798. The number of hydrogen-bond donors (Lipinski definition) is 1. The lowest BCUT2D eigenvalue weighted by Gasteiger charge is -2.16. The predicted molar refractivity (Wildman–Crippen MR) is 62.7 cm³/mol. The fraction of sp³-hybridized carbons (Fsp3) is 0.583. The van der Waals surface area contributed by atoms with E-state index in [0.717, 1.165) is 36.3 Å². The maximum absolute atomic E-state index is 5.54. The van der Waals surface area contributed by atoms with Crippen molar-refractivity contribution in [3.8, 4) is 0 Å². The zero-order chi connectivity index (χ0) is 10.8. The van der Waals surface area contributed by atoms with E-state index in [1.807, 2.05) is 6.20 Å². The normalized spacial score (nSPS) is 25.9. The van der Waals surface area contributed by atoms with E-state index in [1.165, 1.54) is 0 Å². The molecule has 82 valence electrons. The second-order valence-corrected chi connectivity index (χ2v) is 4.59. The van der Waals surface area contributed by atoms with Crippen molar-refractivity contribution in [2.45, 2.75) is 20.4 Å². The van der Waals surface area contributed by atoms with Crippen LogP contribution in [0.5, 0.6) is 0 Å². The molecule has 0 saturated carbocycles. The van der Waals surface area contributed by atoms with Gasteiger partial charge in [0.05, 0.1) is 0 Å². The van der Waals surface area contributed by atoms with Crippen molar-refractivity contribution >= 4 is 5.82 Å². The predicted octanol–water partition coefficient (Wildman–Crippen LogP) is 1.63. The van der Waals surface area contributed by atoms with Gasteiger partial charge in [0.2, 0.25) is 0 Å². The average Bonchev–Trinajstić information content (AvgIpc) is 2.59. The Morgan fingerprint density at radius 3 is 2.47 bits per heavy atom. The number of hydrogen-bond acceptors (Lipinski definition) is 3. The first kappa shape index (κ1) is 10.4. The van der Waals surface area contributed by atoms with E-state index in [0.29, 0.717) is 6.54 Å². The lowest BCUT2D eigenvalue weighted by atomic mass is 10.0. The van der Waals surface area contributed by atoms with Crippen LogP contribution in [0.25, 0.3) is 0 Å². The summed E-state index contributed by atoms with van der Waals surface area (Å²) in [5.41, 5.74) is 6.64. The maximum atomic E-state index is 5.54. The second-order valence-electron chi connectivity index (χ2n) is 4.59. The van der Waals surface area contributed by atoms with Crippen LogP contribution < -0.4 is 10.6 Å². The van der Waals surface area contributed by atoms with Gasteiger partial charge in [-0.25, -0.2) is 4.98 Å². The first-order valence-electron chi connectivity index (χ1n) is 5.60. The fourth-order valence-electron chi connectivity index (χ4n) is 2.04. The van der Waals surface area contributed by atoms with Crippen molar-refractivity contribution in [1.29, 1.82) is 0 Å². The van der Waals surface area contributed by atoms with Crippen molar-refractivity contribution < 1.29 is 0 Å². The molecular weight excluding hydrogens is 186 g/mol. The van der Waals surface area contributed by atoms with E-state index < -0.39 is 0 Å². The molecule has 0 aliphatic carbocycles. The smallest absolute Gasteiger partial charge is 0.128 e. The molecule has 1 aromatic heterocycles. The number of nitrogens with zero attached hydrogens (tertiary/aromatic N) is 2. The molecule has 2 N–H and O–H groups in total. The highest BCUT2D eigenvalue weighted by atomic mass is 15.2. The fourth-order valence-corrected chi connectivity index (χ4v) is 2.04. The van der Waals surface area contributed by atoms with E-state index in [4.69, 9.17) is 5.73 Å². The van der Waals surface area contributed by atoms with E-state index in [9.17, 15) is 0 Å². The zero-order valence-electron chi connectivity index (χ0n) is 9.48. The molecule has 1 aromatic rings. The lowest BCUT2D eigenvalue weighted by molar-refractivity contribution is 0.494. The topological polar surface area (TPSA) is 42.1 Å². The number of anilines is 1. The molecule has 3 nitrogen and oxygen atoms in total. The van der Waals surface area contributed by atoms with Crippen LogP contribution in [0.2, 0.25) is 0 Å². The molecule has 3 heteroatoms. The molecule has 1 fully saturated rings. The Kier molecular flexibility index (Phi) is 2.91. The molecule has 1 aliphatic rings. The van der Waals surface area contributed by atoms with Gasteiger partial charge >= 0.3 is 0 Å². The highest BCUT2D eigenvalue weighted by molar-refractivity contribution is 5.40. The Bertz CT molecular complexity index is 310. The monoisotopic (exact) mass is 205 g/mol. The Hall–Kier alpha value is -1.09. The Morgan fingerprint density at radius 1 is 1.33 bits per heavy atom. The van der Waals surface area contributed by atoms with Crippen molar-refractivity contribution in [2.75, 3.05) is 18.0 Å². The van der Waals surface area contributed by atoms with Gasteiger partial charge in [-0.3, -0.25) is 0 Å². The van der Waals surface area contributed by atoms with Gasteiger partial charge in [-0.05, 0) is 23.5 Å². The van der Waals surface area contributed by atoms with Crippen molar-refractivity contribution in [1.82, 2.24) is 4.98 Å². The highest BCUT2D eigenvalue weighted by Gasteiger charge is 2.26. The maximum Gasteiger partial charge on any atom is 0.128 e. The molecule has 0 spiro atoms. The summed E-state index contributed by atoms with van der Waals surface area (Å²) in [5, 5.41) is 0. The molecular formula is C12H19N3. The molecule has 1 saturated heterocycles. The van der Waals surface area contributed by atoms with E-state index in [-0.39, 0.29) is 0 Å². The summed E-state index contributed by atoms with van der Waals surface area (Å²) in [4.78, 5) is 6.80. The van der Waals surface area contributed by atoms with Gasteiger partial charge in [-0.15, -0.1) is 0 Å². The van der Waals surface area contributed by atoms with Gasteiger partial charge in [-0.1, -0.05) is 19.9 Å². The summed E-state index contributed by atoms with van der Waals surface area (Å²) in [6, 6.07) is 4.14. The van der Waals surface area contributed by atoms with Crippen LogP contribution in [0.3, 0.4) is 0 Å². The van der Waals surface area contributed by atoms with Crippen molar-refractivity contribution in [2.24, 2.45) is 17.6 Å². The minimum Gasteiger partial charge on any atom is -0.356 e. The van der Waals surface area contributed by atoms with Crippen molar-refractivity contribution in [3.05, 3.63) is 23.9 Å². The molecule has 1 aliphatic heterocycles. The summed E-state index contributed by atoms with van der Waals surface area (Å²) in [5.74, 6) is 2.62. The van der Waals surface area contributed by atoms with Gasteiger partial charge < -0.3 is 10.6 Å². The molecule has 2 rings (SSSR count). The third-order valence-electron chi connectivity index (χ3n) is 3.36. The molecule has 0 radical (unpaired) electrons. The average molecular weight is 205 g/mol. The molecule has 2 heterocycles. The number of nitrogens with two attached hydrogens (primary N) is 1. The van der Waals surface area contributed by atoms with Crippen molar-refractivity contribution in [3.63, 3.8) is 0 Å². The summed E-state index contributed by atoms with van der Waals surface area (Å²) >= 11 is 0. The highest BCUT2D eigenvalue weighted by Crippen LogP contribution is 2.26. The van der Waals surface area contributed by atoms with Gasteiger partial charge in [0, 0.05) is 25.8 Å². The minimum absolute atomic E-state index is 0.570. The number of rotatable bonds is 2. The van der Waals surface area contributed by atoms with Crippen LogP contribution in [0.1, 0.15) is 19.4 Å². The van der Waals surface area contributed by atoms with Crippen LogP contribution in [0, 0.1) is 11.8 Å². The molecule has 2 unspecified atom stereocenters. The Balaban J connectivity index is 2.10. The SMILES string of the molecule is CC1CN(c2ccc(CN)cn2)CC1C. The lowest BCUT2D eigenvalue weighted by Crippen LogP contribution is -2.20. The first-order chi connectivity index (χ1) is 7.20. The Morgan fingerprint density at radius 2 is 2.00 bits per heavy atom. The third-order valence-corrected chi connectivity index (χ3v) is 3.36. The molecule has 2 atom stereocenters. The third kappa shape index (κ3) is 2.12. The van der Waals surface area contributed by atoms with Gasteiger partial charge in [0.15, 0.2) is 0 Å². The summed E-state index contributed by atoms with van der Waals surface area (Å²) in [6.45, 7) is 7.42. The van der Waals surface area contributed by atoms with E-state index >= 15 is 0 Å². The van der Waals surface area contributed by atoms with Crippen LogP contribution >= 0.6 is 0 Å². The molecule has 0 amide bonds. The Labute approximate surface area is 91.3 Å². The molecule has 15 heavy (non-hydrogen) atoms.